The van der Waals surface area contributed by atoms with E-state index >= 15 is 0 Å². The molecule has 6 heteroatoms. The van der Waals surface area contributed by atoms with Crippen LogP contribution >= 0.6 is 0 Å². The Kier molecular flexibility index (Phi) is 4.79. The number of hydrogen-bond acceptors (Lipinski definition) is 4. The molecule has 0 unspecified atom stereocenters. The third-order valence-corrected chi connectivity index (χ3v) is 6.96. The van der Waals surface area contributed by atoms with Gasteiger partial charge in [-0.2, -0.15) is 0 Å². The van der Waals surface area contributed by atoms with Gasteiger partial charge < -0.3 is 9.97 Å². The second kappa shape index (κ2) is 7.96. The molecular weight excluding hydrogens is 412 g/mol. The van der Waals surface area contributed by atoms with Gasteiger partial charge in [-0.15, -0.1) is 0 Å². The van der Waals surface area contributed by atoms with Gasteiger partial charge in [0.1, 0.15) is 17.4 Å². The monoisotopic (exact) mass is 436 g/mol. The van der Waals surface area contributed by atoms with Crippen molar-refractivity contribution in [3.05, 3.63) is 88.8 Å². The summed E-state index contributed by atoms with van der Waals surface area (Å²) in [5.74, 6) is 1.44. The van der Waals surface area contributed by atoms with Gasteiger partial charge in [0.2, 0.25) is 0 Å². The van der Waals surface area contributed by atoms with Crippen molar-refractivity contribution < 1.29 is 9.59 Å². The number of carbonyl (C=O) groups excluding carboxylic acids is 2. The van der Waals surface area contributed by atoms with Crippen molar-refractivity contribution in [3.63, 3.8) is 0 Å². The minimum atomic E-state index is -0.0495. The number of fused-ring (bicyclic) bond motifs is 3. The summed E-state index contributed by atoms with van der Waals surface area (Å²) in [5.41, 5.74) is 7.55. The van der Waals surface area contributed by atoms with E-state index in [9.17, 15) is 9.59 Å². The first-order valence-electron chi connectivity index (χ1n) is 11.5. The van der Waals surface area contributed by atoms with Crippen molar-refractivity contribution >= 4 is 28.2 Å². The molecule has 0 aliphatic heterocycles. The molecule has 164 valence electrons. The summed E-state index contributed by atoms with van der Waals surface area (Å²) >= 11 is 0. The molecule has 2 aromatic carbocycles. The van der Waals surface area contributed by atoms with Gasteiger partial charge in [-0.05, 0) is 54.5 Å². The van der Waals surface area contributed by atoms with Gasteiger partial charge in [-0.1, -0.05) is 35.9 Å². The molecule has 0 radical (unpaired) electrons. The average molecular weight is 437 g/mol. The second-order valence-electron chi connectivity index (χ2n) is 9.02. The van der Waals surface area contributed by atoms with Crippen molar-refractivity contribution in [3.8, 4) is 0 Å². The maximum Gasteiger partial charge on any atom is 0.172 e. The zero-order valence-electron chi connectivity index (χ0n) is 18.2. The molecule has 0 spiro atoms. The Morgan fingerprint density at radius 3 is 2.82 bits per heavy atom. The van der Waals surface area contributed by atoms with Crippen molar-refractivity contribution in [2.45, 2.75) is 38.5 Å². The number of carbonyl (C=O) groups is 2. The first-order chi connectivity index (χ1) is 16.2. The van der Waals surface area contributed by atoms with E-state index in [1.54, 1.807) is 18.5 Å². The van der Waals surface area contributed by atoms with Crippen LogP contribution in [0.3, 0.4) is 0 Å². The zero-order chi connectivity index (χ0) is 22.4. The summed E-state index contributed by atoms with van der Waals surface area (Å²) in [6.07, 6.45) is 7.53. The fourth-order valence-corrected chi connectivity index (χ4v) is 5.30. The fraction of sp³-hybridized carbons (Fsp3) is 0.259. The van der Waals surface area contributed by atoms with E-state index in [1.807, 2.05) is 12.1 Å². The number of imidazole rings is 2. The van der Waals surface area contributed by atoms with Crippen LogP contribution in [0.25, 0.3) is 16.6 Å². The lowest BCUT2D eigenvalue weighted by Gasteiger charge is -2.23. The van der Waals surface area contributed by atoms with E-state index in [1.165, 1.54) is 22.3 Å². The number of para-hydroxylation sites is 1. The molecule has 2 heterocycles. The van der Waals surface area contributed by atoms with Crippen LogP contribution in [0.4, 0.5) is 0 Å². The van der Waals surface area contributed by atoms with Crippen LogP contribution in [0.2, 0.25) is 0 Å². The molecule has 6 nitrogen and oxygen atoms in total. The average Bonchev–Trinajstić information content (AvgIpc) is 3.56. The SMILES string of the molecule is O=C(Cc1ncc[nH]1)c1cccc2[nH]c(CC(=O)[C@H]3CCC4=C(C3)c3ccccc3C4)nc12. The Morgan fingerprint density at radius 1 is 1.03 bits per heavy atom. The van der Waals surface area contributed by atoms with E-state index in [-0.39, 0.29) is 30.3 Å². The zero-order valence-corrected chi connectivity index (χ0v) is 18.2. The molecule has 0 bridgehead atoms. The van der Waals surface area contributed by atoms with Crippen molar-refractivity contribution in [2.24, 2.45) is 5.92 Å². The topological polar surface area (TPSA) is 91.5 Å². The Balaban J connectivity index is 1.20. The summed E-state index contributed by atoms with van der Waals surface area (Å²) in [5, 5.41) is 0. The summed E-state index contributed by atoms with van der Waals surface area (Å²) in [6, 6.07) is 14.1. The Labute approximate surface area is 191 Å². The van der Waals surface area contributed by atoms with E-state index in [0.29, 0.717) is 22.7 Å². The van der Waals surface area contributed by atoms with Crippen molar-refractivity contribution in [1.29, 1.82) is 0 Å². The summed E-state index contributed by atoms with van der Waals surface area (Å²) < 4.78 is 0. The molecule has 4 aromatic rings. The molecule has 1 atom stereocenters. The third kappa shape index (κ3) is 3.61. The number of Topliss-reactive ketones (excluding diaryl/α,β-unsaturated/α-hetero) is 2. The van der Waals surface area contributed by atoms with Gasteiger partial charge in [-0.3, -0.25) is 9.59 Å². The second-order valence-corrected chi connectivity index (χ2v) is 9.02. The Morgan fingerprint density at radius 2 is 1.94 bits per heavy atom. The molecule has 0 saturated carbocycles. The van der Waals surface area contributed by atoms with E-state index < -0.39 is 0 Å². The lowest BCUT2D eigenvalue weighted by molar-refractivity contribution is -0.122. The highest BCUT2D eigenvalue weighted by Gasteiger charge is 2.31. The Bertz CT molecular complexity index is 1410. The number of H-pyrrole nitrogens is 2. The molecular formula is C27H24N4O2. The number of ketones is 2. The predicted molar refractivity (Wildman–Crippen MR) is 126 cm³/mol. The standard InChI is InChI=1S/C27H24N4O2/c32-23(18-9-8-17-12-16-4-1-2-5-19(16)21(17)13-18)14-26-30-22-7-3-6-20(27(22)31-26)24(33)15-25-28-10-11-29-25/h1-7,10-11,18H,8-9,12-15H2,(H,28,29)(H,30,31)/t18-/m0/s1. The van der Waals surface area contributed by atoms with Crippen molar-refractivity contribution in [1.82, 2.24) is 19.9 Å². The van der Waals surface area contributed by atoms with E-state index in [2.05, 4.69) is 44.2 Å². The highest BCUT2D eigenvalue weighted by atomic mass is 16.1. The number of nitrogens with one attached hydrogen (secondary N) is 2. The van der Waals surface area contributed by atoms with Crippen LogP contribution < -0.4 is 0 Å². The maximum atomic E-state index is 13.2. The van der Waals surface area contributed by atoms with Gasteiger partial charge in [-0.25, -0.2) is 9.97 Å². The first-order valence-corrected chi connectivity index (χ1v) is 11.5. The van der Waals surface area contributed by atoms with Crippen LogP contribution in [-0.2, 0) is 24.1 Å². The minimum absolute atomic E-state index is 0.0168. The molecule has 2 aromatic heterocycles. The molecule has 2 N–H and O–H groups in total. The number of aromatic nitrogens is 4. The van der Waals surface area contributed by atoms with E-state index in [0.717, 1.165) is 31.2 Å². The minimum Gasteiger partial charge on any atom is -0.348 e. The lowest BCUT2D eigenvalue weighted by Crippen LogP contribution is -2.21. The number of hydrogen-bond donors (Lipinski definition) is 2. The van der Waals surface area contributed by atoms with Crippen LogP contribution in [-0.4, -0.2) is 31.5 Å². The predicted octanol–water partition coefficient (Wildman–Crippen LogP) is 4.63. The molecule has 0 fully saturated rings. The molecule has 2 aliphatic rings. The third-order valence-electron chi connectivity index (χ3n) is 6.96. The van der Waals surface area contributed by atoms with Crippen LogP contribution in [0, 0.1) is 5.92 Å². The van der Waals surface area contributed by atoms with Gasteiger partial charge in [0.15, 0.2) is 5.78 Å². The molecule has 6 rings (SSSR count). The number of rotatable bonds is 6. The van der Waals surface area contributed by atoms with Crippen molar-refractivity contribution in [2.75, 3.05) is 0 Å². The molecule has 33 heavy (non-hydrogen) atoms. The lowest BCUT2D eigenvalue weighted by atomic mass is 9.81. The smallest absolute Gasteiger partial charge is 0.172 e. The summed E-state index contributed by atoms with van der Waals surface area (Å²) in [7, 11) is 0. The summed E-state index contributed by atoms with van der Waals surface area (Å²) in [4.78, 5) is 41.1. The van der Waals surface area contributed by atoms with Crippen LogP contribution in [0.5, 0.6) is 0 Å². The van der Waals surface area contributed by atoms with E-state index in [4.69, 9.17) is 0 Å². The van der Waals surface area contributed by atoms with Crippen LogP contribution in [0.1, 0.15) is 52.4 Å². The number of aromatic amines is 2. The largest absolute Gasteiger partial charge is 0.348 e. The highest BCUT2D eigenvalue weighted by Crippen LogP contribution is 2.43. The van der Waals surface area contributed by atoms with Gasteiger partial charge in [0, 0.05) is 23.9 Å². The van der Waals surface area contributed by atoms with Gasteiger partial charge in [0.05, 0.1) is 23.9 Å². The first kappa shape index (κ1) is 19.9. The highest BCUT2D eigenvalue weighted by molar-refractivity contribution is 6.06. The fourth-order valence-electron chi connectivity index (χ4n) is 5.30. The van der Waals surface area contributed by atoms with Gasteiger partial charge in [0.25, 0.3) is 0 Å². The number of nitrogens with zero attached hydrogens (tertiary/aromatic N) is 2. The molecule has 0 amide bonds. The van der Waals surface area contributed by atoms with Crippen LogP contribution in [0.15, 0.2) is 60.4 Å². The number of allylic oxidation sites excluding steroid dienone is 2. The maximum absolute atomic E-state index is 13.2. The van der Waals surface area contributed by atoms with Gasteiger partial charge >= 0.3 is 0 Å². The number of benzene rings is 2. The molecule has 0 saturated heterocycles. The quantitative estimate of drug-likeness (QED) is 0.431. The molecule has 2 aliphatic carbocycles. The Hall–Kier alpha value is -3.80. The normalized spacial score (nSPS) is 17.3. The summed E-state index contributed by atoms with van der Waals surface area (Å²) in [6.45, 7) is 0.